The van der Waals surface area contributed by atoms with Gasteiger partial charge in [-0.2, -0.15) is 0 Å². The lowest BCUT2D eigenvalue weighted by atomic mass is 9.80. The molecule has 1 aromatic carbocycles. The Morgan fingerprint density at radius 1 is 1.21 bits per heavy atom. The first-order valence-corrected chi connectivity index (χ1v) is 7.39. The maximum atomic E-state index is 6.00. The van der Waals surface area contributed by atoms with Crippen LogP contribution in [0.4, 0.5) is 0 Å². The molecule has 0 aromatic heterocycles. The predicted octanol–water partition coefficient (Wildman–Crippen LogP) is 1.89. The first-order chi connectivity index (χ1) is 9.33. The summed E-state index contributed by atoms with van der Waals surface area (Å²) >= 11 is 0. The van der Waals surface area contributed by atoms with E-state index >= 15 is 0 Å². The van der Waals surface area contributed by atoms with Crippen molar-refractivity contribution in [1.82, 2.24) is 5.32 Å². The molecule has 0 bridgehead atoms. The van der Waals surface area contributed by atoms with Gasteiger partial charge in [-0.05, 0) is 36.8 Å². The summed E-state index contributed by atoms with van der Waals surface area (Å²) in [4.78, 5) is 0. The molecule has 1 aromatic rings. The first-order valence-electron chi connectivity index (χ1n) is 7.39. The molecule has 2 aliphatic rings. The molecule has 1 saturated carbocycles. The number of benzene rings is 1. The van der Waals surface area contributed by atoms with E-state index in [-0.39, 0.29) is 5.41 Å². The normalized spacial score (nSPS) is 29.1. The number of hydrogen-bond donors (Lipinski definition) is 2. The highest BCUT2D eigenvalue weighted by Crippen LogP contribution is 2.41. The topological polar surface area (TPSA) is 47.3 Å². The fourth-order valence-corrected chi connectivity index (χ4v) is 3.09. The monoisotopic (exact) mass is 260 g/mol. The Kier molecular flexibility index (Phi) is 3.87. The van der Waals surface area contributed by atoms with E-state index in [1.54, 1.807) is 0 Å². The van der Waals surface area contributed by atoms with E-state index < -0.39 is 0 Å². The van der Waals surface area contributed by atoms with Crippen molar-refractivity contribution in [2.75, 3.05) is 26.3 Å². The molecular formula is C16H24N2O. The highest BCUT2D eigenvalue weighted by Gasteiger charge is 2.40. The third-order valence-corrected chi connectivity index (χ3v) is 4.74. The van der Waals surface area contributed by atoms with E-state index in [1.807, 2.05) is 0 Å². The number of nitrogens with one attached hydrogen (secondary N) is 1. The van der Waals surface area contributed by atoms with Gasteiger partial charge in [0.25, 0.3) is 0 Å². The lowest BCUT2D eigenvalue weighted by molar-refractivity contribution is 0.0190. The molecule has 3 nitrogen and oxygen atoms in total. The summed E-state index contributed by atoms with van der Waals surface area (Å²) < 4.78 is 5.46. The Morgan fingerprint density at radius 3 is 2.63 bits per heavy atom. The predicted molar refractivity (Wildman–Crippen MR) is 77.1 cm³/mol. The van der Waals surface area contributed by atoms with Gasteiger partial charge < -0.3 is 15.8 Å². The zero-order valence-electron chi connectivity index (χ0n) is 11.5. The molecule has 3 heteroatoms. The van der Waals surface area contributed by atoms with Gasteiger partial charge >= 0.3 is 0 Å². The Morgan fingerprint density at radius 2 is 1.95 bits per heavy atom. The molecule has 0 radical (unpaired) electrons. The average molecular weight is 260 g/mol. The quantitative estimate of drug-likeness (QED) is 0.850. The van der Waals surface area contributed by atoms with E-state index in [0.717, 1.165) is 39.1 Å². The standard InChI is InChI=1S/C16H24N2O/c17-11-16(6-8-19-9-7-16)12-18-15-10-14(15)13-4-2-1-3-5-13/h1-5,14-15,18H,6-12,17H2. The summed E-state index contributed by atoms with van der Waals surface area (Å²) in [5.74, 6) is 0.705. The highest BCUT2D eigenvalue weighted by molar-refractivity contribution is 5.27. The van der Waals surface area contributed by atoms with E-state index in [1.165, 1.54) is 12.0 Å². The van der Waals surface area contributed by atoms with Crippen molar-refractivity contribution < 1.29 is 4.74 Å². The van der Waals surface area contributed by atoms with Crippen LogP contribution in [-0.2, 0) is 4.74 Å². The van der Waals surface area contributed by atoms with Crippen LogP contribution in [0.25, 0.3) is 0 Å². The van der Waals surface area contributed by atoms with Crippen LogP contribution in [0.3, 0.4) is 0 Å². The van der Waals surface area contributed by atoms with Crippen LogP contribution in [0, 0.1) is 5.41 Å². The lowest BCUT2D eigenvalue weighted by Gasteiger charge is -2.36. The van der Waals surface area contributed by atoms with Crippen LogP contribution in [0.15, 0.2) is 30.3 Å². The largest absolute Gasteiger partial charge is 0.381 e. The van der Waals surface area contributed by atoms with Crippen molar-refractivity contribution in [3.05, 3.63) is 35.9 Å². The van der Waals surface area contributed by atoms with E-state index in [4.69, 9.17) is 10.5 Å². The van der Waals surface area contributed by atoms with Crippen molar-refractivity contribution in [2.24, 2.45) is 11.1 Å². The molecule has 1 heterocycles. The van der Waals surface area contributed by atoms with Gasteiger partial charge in [0, 0.05) is 31.7 Å². The Hall–Kier alpha value is -0.900. The van der Waals surface area contributed by atoms with Gasteiger partial charge in [0.15, 0.2) is 0 Å². The number of hydrogen-bond acceptors (Lipinski definition) is 3. The molecule has 3 rings (SSSR count). The van der Waals surface area contributed by atoms with Crippen LogP contribution in [0.1, 0.15) is 30.7 Å². The minimum atomic E-state index is 0.266. The van der Waals surface area contributed by atoms with Gasteiger partial charge in [-0.25, -0.2) is 0 Å². The SMILES string of the molecule is NCC1(CNC2CC2c2ccccc2)CCOCC1. The third kappa shape index (κ3) is 2.99. The molecule has 1 aliphatic carbocycles. The molecule has 1 saturated heterocycles. The van der Waals surface area contributed by atoms with Crippen molar-refractivity contribution in [2.45, 2.75) is 31.2 Å². The van der Waals surface area contributed by atoms with Crippen molar-refractivity contribution in [1.29, 1.82) is 0 Å². The second-order valence-electron chi connectivity index (χ2n) is 6.06. The molecule has 2 fully saturated rings. The molecule has 1 aliphatic heterocycles. The Bertz CT molecular complexity index is 400. The van der Waals surface area contributed by atoms with Crippen molar-refractivity contribution in [3.63, 3.8) is 0 Å². The molecule has 104 valence electrons. The molecule has 0 spiro atoms. The van der Waals surface area contributed by atoms with Gasteiger partial charge in [0.1, 0.15) is 0 Å². The van der Waals surface area contributed by atoms with Crippen LogP contribution in [0.2, 0.25) is 0 Å². The van der Waals surface area contributed by atoms with E-state index in [2.05, 4.69) is 35.6 Å². The Balaban J connectivity index is 1.51. The van der Waals surface area contributed by atoms with Crippen molar-refractivity contribution >= 4 is 0 Å². The molecule has 2 unspecified atom stereocenters. The molecule has 2 atom stereocenters. The van der Waals surface area contributed by atoms with Crippen LogP contribution < -0.4 is 11.1 Å². The lowest BCUT2D eigenvalue weighted by Crippen LogP contribution is -2.45. The molecule has 3 N–H and O–H groups in total. The van der Waals surface area contributed by atoms with E-state index in [9.17, 15) is 0 Å². The maximum absolute atomic E-state index is 6.00. The number of nitrogens with two attached hydrogens (primary N) is 1. The summed E-state index contributed by atoms with van der Waals surface area (Å²) in [5.41, 5.74) is 7.73. The average Bonchev–Trinajstić information content (AvgIpc) is 3.27. The summed E-state index contributed by atoms with van der Waals surface area (Å²) in [5, 5.41) is 3.73. The number of rotatable bonds is 5. The van der Waals surface area contributed by atoms with Gasteiger partial charge in [0.05, 0.1) is 0 Å². The summed E-state index contributed by atoms with van der Waals surface area (Å²) in [6, 6.07) is 11.5. The zero-order chi connectivity index (χ0) is 13.1. The second-order valence-corrected chi connectivity index (χ2v) is 6.06. The summed E-state index contributed by atoms with van der Waals surface area (Å²) in [7, 11) is 0. The smallest absolute Gasteiger partial charge is 0.0472 e. The van der Waals surface area contributed by atoms with E-state index in [0.29, 0.717) is 12.0 Å². The van der Waals surface area contributed by atoms with Gasteiger partial charge in [0.2, 0.25) is 0 Å². The molecular weight excluding hydrogens is 236 g/mol. The van der Waals surface area contributed by atoms with Crippen LogP contribution in [-0.4, -0.2) is 32.3 Å². The highest BCUT2D eigenvalue weighted by atomic mass is 16.5. The van der Waals surface area contributed by atoms with Gasteiger partial charge in [-0.15, -0.1) is 0 Å². The maximum Gasteiger partial charge on any atom is 0.0472 e. The second kappa shape index (κ2) is 5.61. The molecule has 0 amide bonds. The minimum Gasteiger partial charge on any atom is -0.381 e. The third-order valence-electron chi connectivity index (χ3n) is 4.74. The Labute approximate surface area is 115 Å². The molecule has 19 heavy (non-hydrogen) atoms. The van der Waals surface area contributed by atoms with Crippen LogP contribution >= 0.6 is 0 Å². The number of ether oxygens (including phenoxy) is 1. The fourth-order valence-electron chi connectivity index (χ4n) is 3.09. The summed E-state index contributed by atoms with van der Waals surface area (Å²) in [6.07, 6.45) is 3.46. The minimum absolute atomic E-state index is 0.266. The van der Waals surface area contributed by atoms with Gasteiger partial charge in [-0.1, -0.05) is 30.3 Å². The van der Waals surface area contributed by atoms with Crippen molar-refractivity contribution in [3.8, 4) is 0 Å². The summed E-state index contributed by atoms with van der Waals surface area (Å²) in [6.45, 7) is 3.55. The van der Waals surface area contributed by atoms with Gasteiger partial charge in [-0.3, -0.25) is 0 Å². The van der Waals surface area contributed by atoms with Crippen LogP contribution in [0.5, 0.6) is 0 Å². The first kappa shape index (κ1) is 13.1. The zero-order valence-corrected chi connectivity index (χ0v) is 11.5. The fraction of sp³-hybridized carbons (Fsp3) is 0.625.